The van der Waals surface area contributed by atoms with E-state index in [1.54, 1.807) is 0 Å². The van der Waals surface area contributed by atoms with Gasteiger partial charge in [-0.15, -0.1) is 0 Å². The molecule has 5 heteroatoms. The van der Waals surface area contributed by atoms with E-state index in [1.807, 2.05) is 22.9 Å². The van der Waals surface area contributed by atoms with Crippen molar-refractivity contribution >= 4 is 21.8 Å². The Bertz CT molecular complexity index is 3350. The van der Waals surface area contributed by atoms with Crippen molar-refractivity contribution in [2.45, 2.75) is 84.0 Å². The number of benzene rings is 7. The van der Waals surface area contributed by atoms with E-state index < -0.39 is 0 Å². The van der Waals surface area contributed by atoms with Crippen LogP contribution in [-0.4, -0.2) is 14.1 Å². The molecule has 7 aromatic carbocycles. The number of nitrogens with zero attached hydrogens (tertiary/aromatic N) is 4. The number of rotatable bonds is 11. The average Bonchev–Trinajstić information content (AvgIpc) is 3.98. The lowest BCUT2D eigenvalue weighted by molar-refractivity contribution is -0.599. The summed E-state index contributed by atoms with van der Waals surface area (Å²) in [6.07, 6.45) is 9.73. The van der Waals surface area contributed by atoms with E-state index >= 15 is 0 Å². The molecule has 68 heavy (non-hydrogen) atoms. The van der Waals surface area contributed by atoms with Crippen LogP contribution < -0.4 is 9.30 Å². The Morgan fingerprint density at radius 1 is 0.456 bits per heavy atom. The first kappa shape index (κ1) is 44.3. The molecule has 0 aliphatic heterocycles. The molecule has 0 atom stereocenters. The normalized spacial score (nSPS) is 12.5. The Labute approximate surface area is 402 Å². The molecule has 0 unspecified atom stereocenters. The van der Waals surface area contributed by atoms with E-state index in [2.05, 4.69) is 260 Å². The Morgan fingerprint density at radius 3 is 1.65 bits per heavy atom. The summed E-state index contributed by atoms with van der Waals surface area (Å²) < 4.78 is 13.2. The zero-order chi connectivity index (χ0) is 47.4. The van der Waals surface area contributed by atoms with Crippen LogP contribution in [0.3, 0.4) is 0 Å². The van der Waals surface area contributed by atoms with Gasteiger partial charge in [0.05, 0.1) is 22.4 Å². The highest BCUT2D eigenvalue weighted by molar-refractivity contribution is 6.10. The molecule has 10 aromatic rings. The van der Waals surface area contributed by atoms with Gasteiger partial charge in [-0.2, -0.15) is 0 Å². The largest absolute Gasteiger partial charge is 0.458 e. The van der Waals surface area contributed by atoms with Crippen LogP contribution in [0.15, 0.2) is 201 Å². The highest BCUT2D eigenvalue weighted by Gasteiger charge is 2.30. The maximum absolute atomic E-state index is 6.76. The molecule has 0 fully saturated rings. The third-order valence-corrected chi connectivity index (χ3v) is 14.3. The van der Waals surface area contributed by atoms with Crippen molar-refractivity contribution in [1.82, 2.24) is 14.1 Å². The first-order valence-electron chi connectivity index (χ1n) is 23.8. The Kier molecular flexibility index (Phi) is 11.1. The van der Waals surface area contributed by atoms with Gasteiger partial charge in [-0.05, 0) is 111 Å². The smallest absolute Gasteiger partial charge is 0.268 e. The lowest BCUT2D eigenvalue weighted by Crippen LogP contribution is -2.31. The van der Waals surface area contributed by atoms with Crippen molar-refractivity contribution in [3.8, 4) is 28.7 Å². The lowest BCUT2D eigenvalue weighted by atomic mass is 9.73. The first-order chi connectivity index (χ1) is 32.6. The van der Waals surface area contributed by atoms with Gasteiger partial charge in [0.25, 0.3) is 6.33 Å². The second-order valence-electron chi connectivity index (χ2n) is 20.9. The average molecular weight is 889 g/mol. The van der Waals surface area contributed by atoms with Crippen LogP contribution in [0.4, 0.5) is 0 Å². The van der Waals surface area contributed by atoms with Gasteiger partial charge in [0.15, 0.2) is 0 Å². The molecule has 3 heterocycles. The van der Waals surface area contributed by atoms with Crippen molar-refractivity contribution in [3.05, 3.63) is 246 Å². The van der Waals surface area contributed by atoms with E-state index in [-0.39, 0.29) is 21.7 Å². The van der Waals surface area contributed by atoms with Crippen molar-refractivity contribution in [2.75, 3.05) is 0 Å². The maximum Gasteiger partial charge on any atom is 0.268 e. The summed E-state index contributed by atoms with van der Waals surface area (Å²) in [6, 6.07) is 65.3. The number of aromatic nitrogens is 4. The minimum absolute atomic E-state index is 0.0371. The topological polar surface area (TPSA) is 35.9 Å². The zero-order valence-electron chi connectivity index (χ0n) is 40.7. The summed E-state index contributed by atoms with van der Waals surface area (Å²) in [6.45, 7) is 20.6. The first-order valence-corrected chi connectivity index (χ1v) is 23.8. The van der Waals surface area contributed by atoms with Gasteiger partial charge in [0, 0.05) is 51.7 Å². The van der Waals surface area contributed by atoms with Crippen molar-refractivity contribution in [3.63, 3.8) is 0 Å². The third-order valence-electron chi connectivity index (χ3n) is 14.3. The Balaban J connectivity index is 1.02. The molecule has 0 radical (unpaired) electrons. The van der Waals surface area contributed by atoms with Crippen LogP contribution in [0.25, 0.3) is 39.0 Å². The molecule has 0 bridgehead atoms. The molecule has 5 nitrogen and oxygen atoms in total. The fourth-order valence-electron chi connectivity index (χ4n) is 9.68. The van der Waals surface area contributed by atoms with Crippen LogP contribution in [0.5, 0.6) is 11.5 Å². The molecule has 0 saturated carbocycles. The molecule has 3 aromatic heterocycles. The van der Waals surface area contributed by atoms with Crippen LogP contribution in [0.2, 0.25) is 0 Å². The fourth-order valence-corrected chi connectivity index (χ4v) is 9.68. The molecule has 0 aliphatic rings. The summed E-state index contributed by atoms with van der Waals surface area (Å²) in [5.74, 6) is 2.36. The maximum atomic E-state index is 6.76. The summed E-state index contributed by atoms with van der Waals surface area (Å²) in [5.41, 5.74) is 12.2. The van der Waals surface area contributed by atoms with Gasteiger partial charge >= 0.3 is 0 Å². The molecule has 0 aliphatic carbocycles. The van der Waals surface area contributed by atoms with Crippen molar-refractivity contribution in [2.24, 2.45) is 0 Å². The monoisotopic (exact) mass is 888 g/mol. The molecule has 0 saturated heterocycles. The molecule has 0 spiro atoms. The molecule has 10 rings (SSSR count). The molecule has 338 valence electrons. The fraction of sp³-hybridized carbons (Fsp3) is 0.206. The molecule has 0 amide bonds. The molecular formula is C63H60N4O. The van der Waals surface area contributed by atoms with Gasteiger partial charge in [-0.1, -0.05) is 172 Å². The summed E-state index contributed by atoms with van der Waals surface area (Å²) in [4.78, 5) is 4.97. The predicted molar refractivity (Wildman–Crippen MR) is 279 cm³/mol. The SMILES string of the molecule is CC(C)(C)c1ccnc(-n2c3ccc(C(C)(C)c4ccccc4)cc3c3ccc(Oc4cccc(-n5[c-][n+](-c6cc(C(C)(C)c7ccccc7)cc(C(C)(C)c7ccccc7)c6)cc5)c4)cc32)c1. The predicted octanol–water partition coefficient (Wildman–Crippen LogP) is 15.1. The van der Waals surface area contributed by atoms with E-state index in [0.29, 0.717) is 0 Å². The summed E-state index contributed by atoms with van der Waals surface area (Å²) in [5, 5.41) is 2.33. The van der Waals surface area contributed by atoms with E-state index in [0.717, 1.165) is 45.1 Å². The van der Waals surface area contributed by atoms with Gasteiger partial charge in [0.2, 0.25) is 0 Å². The number of ether oxygens (including phenoxy) is 1. The van der Waals surface area contributed by atoms with E-state index in [4.69, 9.17) is 9.72 Å². The number of hydrogen-bond donors (Lipinski definition) is 0. The lowest BCUT2D eigenvalue weighted by Gasteiger charge is -2.32. The number of imidazole rings is 1. The van der Waals surface area contributed by atoms with Crippen LogP contribution in [-0.2, 0) is 21.7 Å². The standard InChI is InChI=1S/C63H60N4O/c1-60(2,3)47-32-33-64-59(40-47)67-57-31-28-48(61(4,5)44-20-13-10-14-21-44)39-56(57)55-30-29-54(42-58(55)67)68-53-27-19-26-51(41-53)65-34-35-66(43-65)52-37-49(62(6,7)45-22-15-11-16-23-45)36-50(38-52)63(8,9)46-24-17-12-18-25-46/h10-42H,1-9H3. The quantitative estimate of drug-likeness (QED) is 0.0958. The Morgan fingerprint density at radius 2 is 1.04 bits per heavy atom. The second-order valence-corrected chi connectivity index (χ2v) is 20.9. The van der Waals surface area contributed by atoms with Crippen LogP contribution in [0.1, 0.15) is 101 Å². The van der Waals surface area contributed by atoms with Gasteiger partial charge in [-0.3, -0.25) is 13.7 Å². The Hall–Kier alpha value is -7.50. The number of pyridine rings is 1. The van der Waals surface area contributed by atoms with E-state index in [9.17, 15) is 0 Å². The van der Waals surface area contributed by atoms with Gasteiger partial charge < -0.3 is 4.74 Å². The second kappa shape index (κ2) is 17.0. The minimum atomic E-state index is -0.236. The highest BCUT2D eigenvalue weighted by atomic mass is 16.5. The number of fused-ring (bicyclic) bond motifs is 3. The zero-order valence-corrected chi connectivity index (χ0v) is 40.7. The highest BCUT2D eigenvalue weighted by Crippen LogP contribution is 2.41. The summed E-state index contributed by atoms with van der Waals surface area (Å²) in [7, 11) is 0. The van der Waals surface area contributed by atoms with Gasteiger partial charge in [-0.25, -0.2) is 4.98 Å². The van der Waals surface area contributed by atoms with Crippen molar-refractivity contribution in [1.29, 1.82) is 0 Å². The molecular weight excluding hydrogens is 829 g/mol. The number of hydrogen-bond acceptors (Lipinski definition) is 2. The summed E-state index contributed by atoms with van der Waals surface area (Å²) >= 11 is 0. The van der Waals surface area contributed by atoms with Crippen LogP contribution in [0, 0.1) is 6.33 Å². The molecule has 0 N–H and O–H groups in total. The van der Waals surface area contributed by atoms with Crippen LogP contribution >= 0.6 is 0 Å². The van der Waals surface area contributed by atoms with Gasteiger partial charge in [0.1, 0.15) is 17.3 Å². The van der Waals surface area contributed by atoms with E-state index in [1.165, 1.54) is 44.3 Å². The third kappa shape index (κ3) is 8.21. The van der Waals surface area contributed by atoms with Crippen molar-refractivity contribution < 1.29 is 9.30 Å². The minimum Gasteiger partial charge on any atom is -0.458 e.